The van der Waals surface area contributed by atoms with E-state index >= 15 is 0 Å². The second-order valence-corrected chi connectivity index (χ2v) is 5.82. The van der Waals surface area contributed by atoms with E-state index < -0.39 is 0 Å². The van der Waals surface area contributed by atoms with Crippen molar-refractivity contribution in [3.8, 4) is 5.75 Å². The summed E-state index contributed by atoms with van der Waals surface area (Å²) in [6.45, 7) is 6.89. The standard InChI is InChI=1S/C12H17BrN2O2/c1-12(2,3)7-17-10-5-4-8(6-9(10)13)11(16)15-14/h4-6H,7,14H2,1-3H3,(H,15,16). The Morgan fingerprint density at radius 1 is 1.47 bits per heavy atom. The van der Waals surface area contributed by atoms with Crippen LogP contribution in [0.4, 0.5) is 0 Å². The lowest BCUT2D eigenvalue weighted by Crippen LogP contribution is -2.29. The molecule has 4 nitrogen and oxygen atoms in total. The van der Waals surface area contributed by atoms with Crippen LogP contribution in [-0.4, -0.2) is 12.5 Å². The second-order valence-electron chi connectivity index (χ2n) is 4.97. The number of rotatable bonds is 3. The van der Waals surface area contributed by atoms with Crippen LogP contribution in [0.5, 0.6) is 5.75 Å². The molecule has 1 aromatic rings. The number of carbonyl (C=O) groups is 1. The predicted molar refractivity (Wildman–Crippen MR) is 70.7 cm³/mol. The fraction of sp³-hybridized carbons (Fsp3) is 0.417. The van der Waals surface area contributed by atoms with Crippen LogP contribution in [0, 0.1) is 5.41 Å². The van der Waals surface area contributed by atoms with Crippen molar-refractivity contribution in [1.29, 1.82) is 0 Å². The number of carbonyl (C=O) groups excluding carboxylic acids is 1. The third-order valence-electron chi connectivity index (χ3n) is 1.99. The number of hydrogen-bond donors (Lipinski definition) is 2. The SMILES string of the molecule is CC(C)(C)COc1ccc(C(=O)NN)cc1Br. The average molecular weight is 301 g/mol. The molecule has 0 heterocycles. The molecule has 1 amide bonds. The molecule has 0 aliphatic heterocycles. The van der Waals surface area contributed by atoms with Crippen LogP contribution in [0.3, 0.4) is 0 Å². The van der Waals surface area contributed by atoms with Gasteiger partial charge in [0.15, 0.2) is 0 Å². The molecule has 0 radical (unpaired) electrons. The minimum Gasteiger partial charge on any atom is -0.492 e. The van der Waals surface area contributed by atoms with Crippen LogP contribution in [0.15, 0.2) is 22.7 Å². The number of halogens is 1. The Balaban J connectivity index is 2.80. The van der Waals surface area contributed by atoms with E-state index in [0.29, 0.717) is 17.9 Å². The van der Waals surface area contributed by atoms with E-state index in [4.69, 9.17) is 10.6 Å². The Bertz CT molecular complexity index is 413. The summed E-state index contributed by atoms with van der Waals surface area (Å²) in [5.41, 5.74) is 2.66. The molecule has 0 fully saturated rings. The van der Waals surface area contributed by atoms with E-state index in [9.17, 15) is 4.79 Å². The van der Waals surface area contributed by atoms with Gasteiger partial charge in [-0.25, -0.2) is 5.84 Å². The van der Waals surface area contributed by atoms with Crippen molar-refractivity contribution in [2.24, 2.45) is 11.3 Å². The van der Waals surface area contributed by atoms with Gasteiger partial charge >= 0.3 is 0 Å². The minimum atomic E-state index is -0.326. The van der Waals surface area contributed by atoms with Gasteiger partial charge in [0.25, 0.3) is 5.91 Å². The van der Waals surface area contributed by atoms with E-state index in [2.05, 4.69) is 42.1 Å². The molecular weight excluding hydrogens is 284 g/mol. The van der Waals surface area contributed by atoms with Gasteiger partial charge in [0.05, 0.1) is 11.1 Å². The van der Waals surface area contributed by atoms with E-state index in [1.807, 2.05) is 0 Å². The predicted octanol–water partition coefficient (Wildman–Crippen LogP) is 2.48. The Morgan fingerprint density at radius 3 is 2.59 bits per heavy atom. The Hall–Kier alpha value is -1.07. The van der Waals surface area contributed by atoms with Crippen molar-refractivity contribution in [2.45, 2.75) is 20.8 Å². The maximum atomic E-state index is 11.3. The van der Waals surface area contributed by atoms with Gasteiger partial charge in [0.2, 0.25) is 0 Å². The van der Waals surface area contributed by atoms with Gasteiger partial charge in [-0.15, -0.1) is 0 Å². The van der Waals surface area contributed by atoms with Crippen LogP contribution in [0.2, 0.25) is 0 Å². The minimum absolute atomic E-state index is 0.0900. The Labute approximate surface area is 110 Å². The van der Waals surface area contributed by atoms with Crippen molar-refractivity contribution >= 4 is 21.8 Å². The van der Waals surface area contributed by atoms with Gasteiger partial charge in [-0.3, -0.25) is 10.2 Å². The Morgan fingerprint density at radius 2 is 2.12 bits per heavy atom. The smallest absolute Gasteiger partial charge is 0.265 e. The summed E-state index contributed by atoms with van der Waals surface area (Å²) in [6.07, 6.45) is 0. The van der Waals surface area contributed by atoms with Crippen LogP contribution < -0.4 is 16.0 Å². The largest absolute Gasteiger partial charge is 0.492 e. The van der Waals surface area contributed by atoms with Crippen molar-refractivity contribution < 1.29 is 9.53 Å². The summed E-state index contributed by atoms with van der Waals surface area (Å²) in [6, 6.07) is 5.10. The molecule has 5 heteroatoms. The molecule has 1 aromatic carbocycles. The normalized spacial score (nSPS) is 11.1. The van der Waals surface area contributed by atoms with Crippen molar-refractivity contribution in [1.82, 2.24) is 5.43 Å². The average Bonchev–Trinajstić information content (AvgIpc) is 2.25. The van der Waals surface area contributed by atoms with Crippen molar-refractivity contribution in [3.05, 3.63) is 28.2 Å². The molecule has 0 spiro atoms. The van der Waals surface area contributed by atoms with E-state index in [0.717, 1.165) is 4.47 Å². The number of hydrogen-bond acceptors (Lipinski definition) is 3. The number of nitrogens with two attached hydrogens (primary N) is 1. The molecule has 0 aromatic heterocycles. The van der Waals surface area contributed by atoms with Gasteiger partial charge in [-0.2, -0.15) is 0 Å². The molecular formula is C12H17BrN2O2. The lowest BCUT2D eigenvalue weighted by Gasteiger charge is -2.19. The van der Waals surface area contributed by atoms with E-state index in [1.54, 1.807) is 18.2 Å². The first-order chi connectivity index (χ1) is 7.83. The number of benzene rings is 1. The molecule has 1 rings (SSSR count). The molecule has 3 N–H and O–H groups in total. The van der Waals surface area contributed by atoms with Crippen molar-refractivity contribution in [3.63, 3.8) is 0 Å². The number of nitrogen functional groups attached to an aromatic ring is 1. The molecule has 0 aliphatic rings. The van der Waals surface area contributed by atoms with Crippen LogP contribution in [0.25, 0.3) is 0 Å². The van der Waals surface area contributed by atoms with Gasteiger partial charge < -0.3 is 4.74 Å². The number of amides is 1. The van der Waals surface area contributed by atoms with Gasteiger partial charge in [-0.05, 0) is 39.5 Å². The van der Waals surface area contributed by atoms with Gasteiger partial charge in [0, 0.05) is 5.56 Å². The summed E-state index contributed by atoms with van der Waals surface area (Å²) >= 11 is 3.37. The van der Waals surface area contributed by atoms with Crippen LogP contribution in [-0.2, 0) is 0 Å². The van der Waals surface area contributed by atoms with E-state index in [1.165, 1.54) is 0 Å². The zero-order valence-electron chi connectivity index (χ0n) is 10.2. The summed E-state index contributed by atoms with van der Waals surface area (Å²) in [4.78, 5) is 11.3. The summed E-state index contributed by atoms with van der Waals surface area (Å²) < 4.78 is 6.40. The zero-order chi connectivity index (χ0) is 13.1. The molecule has 0 saturated carbocycles. The maximum absolute atomic E-state index is 11.3. The zero-order valence-corrected chi connectivity index (χ0v) is 11.8. The highest BCUT2D eigenvalue weighted by atomic mass is 79.9. The summed E-state index contributed by atoms with van der Waals surface area (Å²) in [5.74, 6) is 5.45. The number of nitrogens with one attached hydrogen (secondary N) is 1. The third kappa shape index (κ3) is 4.36. The fourth-order valence-corrected chi connectivity index (χ4v) is 1.63. The molecule has 0 atom stereocenters. The first-order valence-corrected chi connectivity index (χ1v) is 6.06. The lowest BCUT2D eigenvalue weighted by atomic mass is 9.99. The third-order valence-corrected chi connectivity index (χ3v) is 2.61. The first-order valence-electron chi connectivity index (χ1n) is 5.27. The topological polar surface area (TPSA) is 64.3 Å². The molecule has 0 aliphatic carbocycles. The quantitative estimate of drug-likeness (QED) is 0.512. The molecule has 94 valence electrons. The first kappa shape index (κ1) is 14.0. The monoisotopic (exact) mass is 300 g/mol. The lowest BCUT2D eigenvalue weighted by molar-refractivity contribution is 0.0953. The van der Waals surface area contributed by atoms with Gasteiger partial charge in [0.1, 0.15) is 5.75 Å². The number of ether oxygens (including phenoxy) is 1. The highest BCUT2D eigenvalue weighted by molar-refractivity contribution is 9.10. The molecule has 0 bridgehead atoms. The fourth-order valence-electron chi connectivity index (χ4n) is 1.14. The Kier molecular flexibility index (Phi) is 4.54. The number of hydrazine groups is 1. The molecule has 0 unspecified atom stereocenters. The molecule has 17 heavy (non-hydrogen) atoms. The highest BCUT2D eigenvalue weighted by Crippen LogP contribution is 2.27. The highest BCUT2D eigenvalue weighted by Gasteiger charge is 2.13. The second kappa shape index (κ2) is 5.51. The maximum Gasteiger partial charge on any atom is 0.265 e. The molecule has 0 saturated heterocycles. The van der Waals surface area contributed by atoms with Crippen molar-refractivity contribution in [2.75, 3.05) is 6.61 Å². The van der Waals surface area contributed by atoms with Crippen LogP contribution >= 0.6 is 15.9 Å². The van der Waals surface area contributed by atoms with E-state index in [-0.39, 0.29) is 11.3 Å². The summed E-state index contributed by atoms with van der Waals surface area (Å²) in [7, 11) is 0. The summed E-state index contributed by atoms with van der Waals surface area (Å²) in [5, 5.41) is 0. The van der Waals surface area contributed by atoms with Gasteiger partial charge in [-0.1, -0.05) is 20.8 Å². The van der Waals surface area contributed by atoms with Crippen LogP contribution in [0.1, 0.15) is 31.1 Å².